The summed E-state index contributed by atoms with van der Waals surface area (Å²) < 4.78 is 126. The highest BCUT2D eigenvalue weighted by molar-refractivity contribution is 5.72. The molecule has 0 aromatic rings. The van der Waals surface area contributed by atoms with Gasteiger partial charge < -0.3 is 26.4 Å². The molecule has 0 saturated carbocycles. The minimum absolute atomic E-state index is 0. The van der Waals surface area contributed by atoms with Gasteiger partial charge in [0.25, 0.3) is 0 Å². The van der Waals surface area contributed by atoms with Crippen molar-refractivity contribution >= 4 is 11.9 Å². The van der Waals surface area contributed by atoms with Crippen LogP contribution in [0.25, 0.3) is 0 Å². The van der Waals surface area contributed by atoms with Gasteiger partial charge in [0.2, 0.25) is 0 Å². The monoisotopic (exact) mass is 583 g/mol. The smallest absolute Gasteiger partial charge is 0.460 e. The molecule has 5 nitrogen and oxygen atoms in total. The van der Waals surface area contributed by atoms with E-state index in [2.05, 4.69) is 0 Å². The molecule has 0 aliphatic carbocycles. The summed E-state index contributed by atoms with van der Waals surface area (Å²) in [5, 5.41) is 0. The van der Waals surface area contributed by atoms with E-state index >= 15 is 0 Å². The molecule has 1 atom stereocenters. The third-order valence-electron chi connectivity index (χ3n) is 4.88. The van der Waals surface area contributed by atoms with Crippen LogP contribution < -0.4 is 12.4 Å². The van der Waals surface area contributed by atoms with Crippen molar-refractivity contribution in [1.29, 1.82) is 0 Å². The summed E-state index contributed by atoms with van der Waals surface area (Å²) in [5.41, 5.74) is 0. The number of hydrogen-bond acceptors (Lipinski definition) is 4. The van der Waals surface area contributed by atoms with Gasteiger partial charge in [0, 0.05) is 12.8 Å². The third-order valence-corrected chi connectivity index (χ3v) is 4.88. The molecule has 37 heavy (non-hydrogen) atoms. The lowest BCUT2D eigenvalue weighted by atomic mass is 9.98. The number of quaternary nitrogens is 1. The molecule has 0 saturated heterocycles. The number of alkyl halides is 9. The molecule has 0 aromatic carbocycles. The molecular weight excluding hydrogens is 549 g/mol. The molecule has 0 bridgehead atoms. The molecule has 0 radical (unpaired) electrons. The van der Waals surface area contributed by atoms with Gasteiger partial charge in [-0.05, 0) is 18.8 Å². The average molecular weight is 584 g/mol. The van der Waals surface area contributed by atoms with Crippen molar-refractivity contribution in [3.63, 3.8) is 0 Å². The molecule has 0 heterocycles. The largest absolute Gasteiger partial charge is 1.00 e. The minimum atomic E-state index is -6.88. The fourth-order valence-electron chi connectivity index (χ4n) is 3.12. The summed E-state index contributed by atoms with van der Waals surface area (Å²) in [6.45, 7) is 3.81. The number of likely N-dealkylation sites (N-methyl/N-ethyl adjacent to an activating group) is 1. The molecule has 0 aliphatic heterocycles. The number of carbonyl (C=O) groups excluding carboxylic acids is 2. The molecular formula is C22H35ClF9NO4. The Balaban J connectivity index is 0. The van der Waals surface area contributed by atoms with Crippen molar-refractivity contribution in [2.75, 3.05) is 34.3 Å². The zero-order valence-electron chi connectivity index (χ0n) is 21.4. The van der Waals surface area contributed by atoms with Crippen molar-refractivity contribution in [3.8, 4) is 0 Å². The fraction of sp³-hybridized carbons (Fsp3) is 0.909. The molecule has 0 aliphatic rings. The maximum atomic E-state index is 13.5. The summed E-state index contributed by atoms with van der Waals surface area (Å²) in [6, 6.07) is 0. The minimum Gasteiger partial charge on any atom is -1.00 e. The second-order valence-corrected chi connectivity index (χ2v) is 10.1. The molecule has 0 amide bonds. The maximum Gasteiger partial charge on any atom is 0.460 e. The number of unbranched alkanes of at least 4 members (excludes halogenated alkanes) is 3. The maximum absolute atomic E-state index is 13.5. The van der Waals surface area contributed by atoms with E-state index in [1.54, 1.807) is 0 Å². The predicted octanol–water partition coefficient (Wildman–Crippen LogP) is 3.01. The van der Waals surface area contributed by atoms with Gasteiger partial charge in [0.05, 0.1) is 34.2 Å². The van der Waals surface area contributed by atoms with Gasteiger partial charge in [-0.2, -0.15) is 39.5 Å². The zero-order chi connectivity index (χ0) is 28.6. The van der Waals surface area contributed by atoms with Crippen molar-refractivity contribution in [3.05, 3.63) is 0 Å². The van der Waals surface area contributed by atoms with Crippen molar-refractivity contribution in [2.45, 2.75) is 88.8 Å². The highest BCUT2D eigenvalue weighted by atomic mass is 35.5. The molecule has 0 N–H and O–H groups in total. The first-order valence-electron chi connectivity index (χ1n) is 11.4. The van der Waals surface area contributed by atoms with Crippen molar-refractivity contribution in [1.82, 2.24) is 0 Å². The molecule has 0 rings (SSSR count). The summed E-state index contributed by atoms with van der Waals surface area (Å²) in [6.07, 6.45) is -10.3. The molecule has 0 aromatic heterocycles. The van der Waals surface area contributed by atoms with Crippen LogP contribution in [0.2, 0.25) is 0 Å². The van der Waals surface area contributed by atoms with E-state index in [-0.39, 0.29) is 57.0 Å². The molecule has 222 valence electrons. The number of esters is 2. The van der Waals surface area contributed by atoms with Gasteiger partial charge in [-0.3, -0.25) is 9.59 Å². The Morgan fingerprint density at radius 2 is 1.27 bits per heavy atom. The van der Waals surface area contributed by atoms with Crippen molar-refractivity contribution < 1.29 is 75.5 Å². The van der Waals surface area contributed by atoms with Gasteiger partial charge in [0.15, 0.2) is 6.10 Å². The average Bonchev–Trinajstić information content (AvgIpc) is 2.63. The standard InChI is InChI=1S/C22H35F9NO4.ClH/c1-15(2)12-18(34)36-16(14-32(3,4)5)13-17(33)35-11-9-7-6-8-10-19(23,24)20(25,26)21(27,28)22(29,30)31;/h15-16H,6-14H2,1-5H3;1H/q+1;/p-1/t16-;/m1./s1. The molecule has 0 unspecified atom stereocenters. The van der Waals surface area contributed by atoms with Crippen LogP contribution in [0.15, 0.2) is 0 Å². The van der Waals surface area contributed by atoms with E-state index in [0.717, 1.165) is 0 Å². The second kappa shape index (κ2) is 14.6. The topological polar surface area (TPSA) is 52.6 Å². The number of carbonyl (C=O) groups is 2. The number of hydrogen-bond donors (Lipinski definition) is 0. The first-order valence-corrected chi connectivity index (χ1v) is 11.4. The van der Waals surface area contributed by atoms with E-state index in [0.29, 0.717) is 11.0 Å². The van der Waals surface area contributed by atoms with Crippen LogP contribution in [0.1, 0.15) is 58.8 Å². The molecule has 15 heteroatoms. The zero-order valence-corrected chi connectivity index (χ0v) is 22.1. The van der Waals surface area contributed by atoms with E-state index < -0.39 is 54.8 Å². The number of rotatable bonds is 16. The van der Waals surface area contributed by atoms with Gasteiger partial charge in [-0.25, -0.2) is 0 Å². The number of ether oxygens (including phenoxy) is 2. The number of halogens is 10. The van der Waals surface area contributed by atoms with E-state index in [9.17, 15) is 49.1 Å². The number of nitrogens with zero attached hydrogens (tertiary/aromatic N) is 1. The van der Waals surface area contributed by atoms with E-state index in [1.807, 2.05) is 35.0 Å². The molecule has 0 fully saturated rings. The predicted molar refractivity (Wildman–Crippen MR) is 112 cm³/mol. The lowest BCUT2D eigenvalue weighted by molar-refractivity contribution is -0.873. The Bertz CT molecular complexity index is 711. The van der Waals surface area contributed by atoms with Crippen LogP contribution in [-0.4, -0.2) is 80.8 Å². The fourth-order valence-corrected chi connectivity index (χ4v) is 3.12. The van der Waals surface area contributed by atoms with Crippen LogP contribution in [-0.2, 0) is 19.1 Å². The highest BCUT2D eigenvalue weighted by Gasteiger charge is 2.81. The van der Waals surface area contributed by atoms with Crippen LogP contribution in [0.5, 0.6) is 0 Å². The van der Waals surface area contributed by atoms with Crippen LogP contribution >= 0.6 is 0 Å². The Morgan fingerprint density at radius 3 is 1.73 bits per heavy atom. The van der Waals surface area contributed by atoms with Gasteiger partial charge >= 0.3 is 35.9 Å². The van der Waals surface area contributed by atoms with Crippen molar-refractivity contribution in [2.24, 2.45) is 5.92 Å². The first kappa shape index (κ1) is 37.7. The lowest BCUT2D eigenvalue weighted by Gasteiger charge is -2.33. The van der Waals surface area contributed by atoms with Gasteiger partial charge in [-0.1, -0.05) is 26.7 Å². The summed E-state index contributed by atoms with van der Waals surface area (Å²) >= 11 is 0. The normalized spacial score (nSPS) is 14.2. The Labute approximate surface area is 217 Å². The lowest BCUT2D eigenvalue weighted by Crippen LogP contribution is -3.00. The molecule has 0 spiro atoms. The Kier molecular flexibility index (Phi) is 14.9. The summed E-state index contributed by atoms with van der Waals surface area (Å²) in [5.74, 6) is -20.2. The first-order chi connectivity index (χ1) is 16.0. The van der Waals surface area contributed by atoms with Crippen LogP contribution in [0, 0.1) is 5.92 Å². The second-order valence-electron chi connectivity index (χ2n) is 10.1. The quantitative estimate of drug-likeness (QED) is 0.121. The van der Waals surface area contributed by atoms with Crippen LogP contribution in [0.4, 0.5) is 39.5 Å². The highest BCUT2D eigenvalue weighted by Crippen LogP contribution is 2.54. The van der Waals surface area contributed by atoms with Crippen LogP contribution in [0.3, 0.4) is 0 Å². The van der Waals surface area contributed by atoms with E-state index in [4.69, 9.17) is 9.47 Å². The van der Waals surface area contributed by atoms with Gasteiger partial charge in [0.1, 0.15) is 6.54 Å². The SMILES string of the molecule is CC(C)CC(=O)O[C@H](CC(=O)OCCCCCCC(F)(F)C(F)(F)C(F)(F)C(F)(F)F)C[N+](C)(C)C.[Cl-]. The summed E-state index contributed by atoms with van der Waals surface area (Å²) in [4.78, 5) is 24.0. The Morgan fingerprint density at radius 1 is 0.757 bits per heavy atom. The van der Waals surface area contributed by atoms with Gasteiger partial charge in [-0.15, -0.1) is 0 Å². The Hall–Kier alpha value is -1.44. The summed E-state index contributed by atoms with van der Waals surface area (Å²) in [7, 11) is 5.49. The van der Waals surface area contributed by atoms with E-state index in [1.165, 1.54) is 0 Å². The third kappa shape index (κ3) is 12.8.